The lowest BCUT2D eigenvalue weighted by molar-refractivity contribution is 0.344. The molecule has 6 rings (SSSR count). The van der Waals surface area contributed by atoms with E-state index in [-0.39, 0.29) is 35.5 Å². The zero-order valence-corrected chi connectivity index (χ0v) is 24.7. The molecule has 2 heterocycles. The summed E-state index contributed by atoms with van der Waals surface area (Å²) in [5.74, 6) is -2.61. The quantitative estimate of drug-likeness (QED) is 0.175. The second kappa shape index (κ2) is 11.0. The minimum atomic E-state index is -0.612. The van der Waals surface area contributed by atoms with Crippen LogP contribution in [0.25, 0.3) is 44.1 Å². The number of benzene rings is 4. The molecular weight excluding hydrogens is 552 g/mol. The third-order valence-electron chi connectivity index (χ3n) is 8.48. The maximum atomic E-state index is 15.5. The first-order chi connectivity index (χ1) is 20.5. The Morgan fingerprint density at radius 3 is 1.63 bits per heavy atom. The van der Waals surface area contributed by atoms with E-state index in [1.807, 2.05) is 69.0 Å². The minimum Gasteiger partial charge on any atom is -0.269 e. The molecule has 0 saturated carbocycles. The minimum absolute atomic E-state index is 0.0242. The summed E-state index contributed by atoms with van der Waals surface area (Å²) < 4.78 is 63.3. The molecule has 2 atom stereocenters. The van der Waals surface area contributed by atoms with E-state index in [4.69, 9.17) is 5.10 Å². The average Bonchev–Trinajstić information content (AvgIpc) is 3.61. The summed E-state index contributed by atoms with van der Waals surface area (Å²) >= 11 is 0. The van der Waals surface area contributed by atoms with Crippen LogP contribution >= 0.6 is 0 Å². The molecule has 0 radical (unpaired) electrons. The molecule has 220 valence electrons. The van der Waals surface area contributed by atoms with Crippen molar-refractivity contribution in [2.45, 2.75) is 53.1 Å². The summed E-state index contributed by atoms with van der Waals surface area (Å²) in [5, 5.41) is 10.9. The standard InChI is InChI=1S/C35H32F4N4/c1-19(2)42-17-28-26(9-6-10-34(28)40-42)24-15-32(38)27(33(39)16-24)12-20(3)22(5)43-18-29-25(8-7-11-35(29)41-43)23-13-30(36)21(4)31(37)14-23/h6-11,13-20,22H,12H2,1-5H3. The number of aromatic nitrogens is 4. The van der Waals surface area contributed by atoms with Crippen LogP contribution in [0.4, 0.5) is 17.6 Å². The van der Waals surface area contributed by atoms with Crippen molar-refractivity contribution in [2.75, 3.05) is 0 Å². The highest BCUT2D eigenvalue weighted by Crippen LogP contribution is 2.35. The number of hydrogen-bond donors (Lipinski definition) is 0. The van der Waals surface area contributed by atoms with Crippen LogP contribution in [0.15, 0.2) is 73.1 Å². The molecule has 0 amide bonds. The lowest BCUT2D eigenvalue weighted by Crippen LogP contribution is -2.18. The lowest BCUT2D eigenvalue weighted by Gasteiger charge is -2.21. The summed E-state index contributed by atoms with van der Waals surface area (Å²) in [7, 11) is 0. The van der Waals surface area contributed by atoms with Crippen molar-refractivity contribution >= 4 is 21.8 Å². The molecule has 0 saturated heterocycles. The number of hydrogen-bond acceptors (Lipinski definition) is 2. The fourth-order valence-electron chi connectivity index (χ4n) is 5.61. The molecule has 6 aromatic rings. The molecule has 4 aromatic carbocycles. The fourth-order valence-corrected chi connectivity index (χ4v) is 5.61. The van der Waals surface area contributed by atoms with Crippen molar-refractivity contribution in [2.24, 2.45) is 5.92 Å². The highest BCUT2D eigenvalue weighted by molar-refractivity contribution is 5.95. The summed E-state index contributed by atoms with van der Waals surface area (Å²) in [6.07, 6.45) is 3.90. The maximum absolute atomic E-state index is 15.5. The third-order valence-corrected chi connectivity index (χ3v) is 8.48. The van der Waals surface area contributed by atoms with Gasteiger partial charge in [0.2, 0.25) is 0 Å². The molecule has 2 aromatic heterocycles. The maximum Gasteiger partial charge on any atom is 0.129 e. The highest BCUT2D eigenvalue weighted by atomic mass is 19.1. The second-order valence-electron chi connectivity index (χ2n) is 11.7. The first kappa shape index (κ1) is 28.6. The largest absolute Gasteiger partial charge is 0.269 e. The molecule has 8 heteroatoms. The van der Waals surface area contributed by atoms with Gasteiger partial charge in [-0.25, -0.2) is 17.6 Å². The van der Waals surface area contributed by atoms with Crippen LogP contribution in [0, 0.1) is 36.1 Å². The molecule has 0 spiro atoms. The van der Waals surface area contributed by atoms with Gasteiger partial charge in [-0.2, -0.15) is 10.2 Å². The monoisotopic (exact) mass is 584 g/mol. The Bertz CT molecular complexity index is 1940. The molecular formula is C35H32F4N4. The van der Waals surface area contributed by atoms with Gasteiger partial charge in [0.25, 0.3) is 0 Å². The van der Waals surface area contributed by atoms with Crippen molar-refractivity contribution in [3.8, 4) is 22.3 Å². The van der Waals surface area contributed by atoms with E-state index in [0.29, 0.717) is 22.2 Å². The fraction of sp³-hybridized carbons (Fsp3) is 0.257. The number of nitrogens with zero attached hydrogens (tertiary/aromatic N) is 4. The van der Waals surface area contributed by atoms with E-state index in [0.717, 1.165) is 21.9 Å². The number of rotatable bonds is 7. The van der Waals surface area contributed by atoms with Gasteiger partial charge >= 0.3 is 0 Å². The van der Waals surface area contributed by atoms with Crippen LogP contribution in [0.2, 0.25) is 0 Å². The van der Waals surface area contributed by atoms with Gasteiger partial charge in [0.1, 0.15) is 23.3 Å². The van der Waals surface area contributed by atoms with E-state index >= 15 is 8.78 Å². The van der Waals surface area contributed by atoms with Crippen LogP contribution in [0.3, 0.4) is 0 Å². The van der Waals surface area contributed by atoms with Crippen molar-refractivity contribution in [3.63, 3.8) is 0 Å². The summed E-state index contributed by atoms with van der Waals surface area (Å²) in [5.41, 5.74) is 3.69. The Balaban J connectivity index is 1.28. The van der Waals surface area contributed by atoms with Gasteiger partial charge in [0.15, 0.2) is 0 Å². The third kappa shape index (κ3) is 5.19. The molecule has 0 bridgehead atoms. The predicted molar refractivity (Wildman–Crippen MR) is 163 cm³/mol. The zero-order chi connectivity index (χ0) is 30.6. The molecule has 0 aliphatic heterocycles. The first-order valence-corrected chi connectivity index (χ1v) is 14.4. The molecule has 0 aliphatic carbocycles. The van der Waals surface area contributed by atoms with Gasteiger partial charge in [-0.1, -0.05) is 31.2 Å². The summed E-state index contributed by atoms with van der Waals surface area (Å²) in [6.45, 7) is 9.32. The highest BCUT2D eigenvalue weighted by Gasteiger charge is 2.22. The van der Waals surface area contributed by atoms with E-state index in [1.54, 1.807) is 16.8 Å². The predicted octanol–water partition coefficient (Wildman–Crippen LogP) is 9.61. The normalized spacial score (nSPS) is 13.3. The Morgan fingerprint density at radius 2 is 1.12 bits per heavy atom. The van der Waals surface area contributed by atoms with Crippen molar-refractivity contribution in [3.05, 3.63) is 107 Å². The van der Waals surface area contributed by atoms with Gasteiger partial charge < -0.3 is 0 Å². The van der Waals surface area contributed by atoms with Gasteiger partial charge in [0.05, 0.1) is 17.1 Å². The smallest absolute Gasteiger partial charge is 0.129 e. The lowest BCUT2D eigenvalue weighted by atomic mass is 9.92. The van der Waals surface area contributed by atoms with E-state index in [9.17, 15) is 8.78 Å². The van der Waals surface area contributed by atoms with Crippen LogP contribution in [-0.2, 0) is 6.42 Å². The number of fused-ring (bicyclic) bond motifs is 2. The average molecular weight is 585 g/mol. The van der Waals surface area contributed by atoms with E-state index < -0.39 is 23.3 Å². The molecule has 43 heavy (non-hydrogen) atoms. The van der Waals surface area contributed by atoms with Crippen LogP contribution in [0.5, 0.6) is 0 Å². The Labute approximate surface area is 247 Å². The van der Waals surface area contributed by atoms with E-state index in [2.05, 4.69) is 5.10 Å². The topological polar surface area (TPSA) is 35.6 Å². The second-order valence-corrected chi connectivity index (χ2v) is 11.7. The van der Waals surface area contributed by atoms with E-state index in [1.165, 1.54) is 31.2 Å². The van der Waals surface area contributed by atoms with Crippen LogP contribution in [0.1, 0.15) is 50.9 Å². The SMILES string of the molecule is Cc1c(F)cc(-c2cccc3nn(C(C)C(C)Cc4c(F)cc(-c5cccc6nn(C(C)C)cc56)cc4F)cc23)cc1F. The molecule has 2 unspecified atom stereocenters. The first-order valence-electron chi connectivity index (χ1n) is 14.4. The van der Waals surface area contributed by atoms with Gasteiger partial charge in [-0.3, -0.25) is 9.36 Å². The summed E-state index contributed by atoms with van der Waals surface area (Å²) in [4.78, 5) is 0. The molecule has 0 aliphatic rings. The Kier molecular flexibility index (Phi) is 7.32. The van der Waals surface area contributed by atoms with Crippen molar-refractivity contribution < 1.29 is 17.6 Å². The Morgan fingerprint density at radius 1 is 0.651 bits per heavy atom. The zero-order valence-electron chi connectivity index (χ0n) is 24.7. The summed E-state index contributed by atoms with van der Waals surface area (Å²) in [6, 6.07) is 16.4. The molecule has 0 N–H and O–H groups in total. The number of halogens is 4. The molecule has 4 nitrogen and oxygen atoms in total. The van der Waals surface area contributed by atoms with Gasteiger partial charge in [0, 0.05) is 40.3 Å². The van der Waals surface area contributed by atoms with Crippen LogP contribution < -0.4 is 0 Å². The van der Waals surface area contributed by atoms with Crippen LogP contribution in [-0.4, -0.2) is 19.6 Å². The van der Waals surface area contributed by atoms with Crippen molar-refractivity contribution in [1.29, 1.82) is 0 Å². The van der Waals surface area contributed by atoms with Gasteiger partial charge in [-0.15, -0.1) is 0 Å². The molecule has 0 fully saturated rings. The van der Waals surface area contributed by atoms with Gasteiger partial charge in [-0.05, 0) is 98.7 Å². The van der Waals surface area contributed by atoms with Crippen molar-refractivity contribution in [1.82, 2.24) is 19.6 Å². The Hall–Kier alpha value is -4.46.